The summed E-state index contributed by atoms with van der Waals surface area (Å²) in [6.45, 7) is 0. The van der Waals surface area contributed by atoms with Crippen molar-refractivity contribution >= 4 is 35.0 Å². The summed E-state index contributed by atoms with van der Waals surface area (Å²) < 4.78 is 0. The molecular weight excluding hydrogens is 338 g/mol. The largest absolute Gasteiger partial charge is 0.322 e. The van der Waals surface area contributed by atoms with E-state index in [0.29, 0.717) is 10.6 Å². The highest BCUT2D eigenvalue weighted by Gasteiger charge is 2.06. The van der Waals surface area contributed by atoms with Gasteiger partial charge in [-0.3, -0.25) is 4.79 Å². The average molecular weight is 354 g/mol. The van der Waals surface area contributed by atoms with Gasteiger partial charge in [-0.2, -0.15) is 0 Å². The quantitative estimate of drug-likeness (QED) is 0.580. The fraction of sp³-hybridized carbons (Fsp3) is 0.0500. The first-order valence-electron chi connectivity index (χ1n) is 7.54. The second-order valence-electron chi connectivity index (χ2n) is 5.26. The van der Waals surface area contributed by atoms with Crippen molar-refractivity contribution in [1.29, 1.82) is 0 Å². The first-order chi connectivity index (χ1) is 11.7. The molecule has 0 aliphatic rings. The molecule has 0 bridgehead atoms. The van der Waals surface area contributed by atoms with E-state index in [0.717, 1.165) is 11.4 Å². The van der Waals surface area contributed by atoms with E-state index >= 15 is 0 Å². The molecule has 24 heavy (non-hydrogen) atoms. The van der Waals surface area contributed by atoms with Gasteiger partial charge in [-0.05, 0) is 48.0 Å². The van der Waals surface area contributed by atoms with Crippen LogP contribution in [-0.4, -0.2) is 5.91 Å². The van der Waals surface area contributed by atoms with Gasteiger partial charge in [-0.25, -0.2) is 0 Å². The van der Waals surface area contributed by atoms with Crippen molar-refractivity contribution < 1.29 is 4.79 Å². The third-order valence-corrected chi connectivity index (χ3v) is 4.77. The molecule has 0 spiro atoms. The van der Waals surface area contributed by atoms with E-state index in [1.54, 1.807) is 36.0 Å². The molecule has 2 nitrogen and oxygen atoms in total. The first kappa shape index (κ1) is 16.6. The van der Waals surface area contributed by atoms with Crippen LogP contribution < -0.4 is 5.32 Å². The monoisotopic (exact) mass is 353 g/mol. The van der Waals surface area contributed by atoms with Gasteiger partial charge < -0.3 is 5.32 Å². The van der Waals surface area contributed by atoms with Crippen LogP contribution in [0.3, 0.4) is 0 Å². The van der Waals surface area contributed by atoms with Crippen LogP contribution in [0, 0.1) is 0 Å². The number of anilines is 1. The summed E-state index contributed by atoms with van der Waals surface area (Å²) in [7, 11) is 0. The summed E-state index contributed by atoms with van der Waals surface area (Å²) in [4.78, 5) is 13.4. The van der Waals surface area contributed by atoms with Crippen molar-refractivity contribution in [3.8, 4) is 0 Å². The Hall–Kier alpha value is -2.23. The Kier molecular flexibility index (Phi) is 5.57. The van der Waals surface area contributed by atoms with E-state index in [1.165, 1.54) is 10.5 Å². The van der Waals surface area contributed by atoms with Gasteiger partial charge in [0.1, 0.15) is 0 Å². The lowest BCUT2D eigenvalue weighted by Crippen LogP contribution is -2.11. The second-order valence-corrected chi connectivity index (χ2v) is 6.75. The lowest BCUT2D eigenvalue weighted by Gasteiger charge is -2.07. The van der Waals surface area contributed by atoms with Crippen LogP contribution >= 0.6 is 23.4 Å². The fourth-order valence-electron chi connectivity index (χ4n) is 2.21. The Morgan fingerprint density at radius 3 is 2.38 bits per heavy atom. The number of benzene rings is 3. The Balaban J connectivity index is 1.59. The summed E-state index contributed by atoms with van der Waals surface area (Å²) in [5.41, 5.74) is 2.61. The number of hydrogen-bond donors (Lipinski definition) is 1. The SMILES string of the molecule is O=C(Nc1ccc(SCc2ccccc2)cc1)c1cccc(Cl)c1. The van der Waals surface area contributed by atoms with E-state index in [1.807, 2.05) is 42.5 Å². The predicted octanol–water partition coefficient (Wildman–Crippen LogP) is 5.88. The number of halogens is 1. The van der Waals surface area contributed by atoms with Gasteiger partial charge in [0.15, 0.2) is 0 Å². The van der Waals surface area contributed by atoms with E-state index in [-0.39, 0.29) is 5.91 Å². The Morgan fingerprint density at radius 1 is 0.917 bits per heavy atom. The molecule has 0 atom stereocenters. The molecule has 3 aromatic rings. The molecule has 0 unspecified atom stereocenters. The summed E-state index contributed by atoms with van der Waals surface area (Å²) in [5, 5.41) is 3.43. The summed E-state index contributed by atoms with van der Waals surface area (Å²) in [6.07, 6.45) is 0. The Labute approximate surface area is 150 Å². The molecule has 0 saturated heterocycles. The van der Waals surface area contributed by atoms with Crippen LogP contribution in [0.1, 0.15) is 15.9 Å². The van der Waals surface area contributed by atoms with Gasteiger partial charge in [-0.15, -0.1) is 11.8 Å². The maximum absolute atomic E-state index is 12.2. The average Bonchev–Trinajstić information content (AvgIpc) is 2.62. The number of hydrogen-bond acceptors (Lipinski definition) is 2. The van der Waals surface area contributed by atoms with Gasteiger partial charge in [0.05, 0.1) is 0 Å². The molecule has 120 valence electrons. The number of amides is 1. The summed E-state index contributed by atoms with van der Waals surface area (Å²) >= 11 is 7.68. The van der Waals surface area contributed by atoms with E-state index in [9.17, 15) is 4.79 Å². The third kappa shape index (κ3) is 4.63. The molecule has 3 rings (SSSR count). The van der Waals surface area contributed by atoms with Crippen LogP contribution in [0.15, 0.2) is 83.8 Å². The zero-order valence-corrected chi connectivity index (χ0v) is 14.5. The number of carbonyl (C=O) groups excluding carboxylic acids is 1. The minimum atomic E-state index is -0.165. The topological polar surface area (TPSA) is 29.1 Å². The smallest absolute Gasteiger partial charge is 0.255 e. The highest BCUT2D eigenvalue weighted by molar-refractivity contribution is 7.98. The molecule has 1 amide bonds. The molecular formula is C20H16ClNOS. The van der Waals surface area contributed by atoms with Crippen LogP contribution in [0.5, 0.6) is 0 Å². The number of nitrogens with one attached hydrogen (secondary N) is 1. The van der Waals surface area contributed by atoms with Gasteiger partial charge in [0.25, 0.3) is 5.91 Å². The number of rotatable bonds is 5. The van der Waals surface area contributed by atoms with Crippen LogP contribution in [0.2, 0.25) is 5.02 Å². The Morgan fingerprint density at radius 2 is 1.67 bits per heavy atom. The third-order valence-electron chi connectivity index (χ3n) is 3.45. The van der Waals surface area contributed by atoms with Crippen LogP contribution in [0.25, 0.3) is 0 Å². The maximum atomic E-state index is 12.2. The fourth-order valence-corrected chi connectivity index (χ4v) is 3.25. The molecule has 1 N–H and O–H groups in total. The number of thioether (sulfide) groups is 1. The minimum Gasteiger partial charge on any atom is -0.322 e. The number of carbonyl (C=O) groups is 1. The Bertz CT molecular complexity index is 819. The van der Waals surface area contributed by atoms with Gasteiger partial charge in [0.2, 0.25) is 0 Å². The minimum absolute atomic E-state index is 0.165. The second kappa shape index (κ2) is 8.04. The summed E-state index contributed by atoms with van der Waals surface area (Å²) in [6, 6.07) is 25.1. The van der Waals surface area contributed by atoms with Gasteiger partial charge >= 0.3 is 0 Å². The molecule has 4 heteroatoms. The van der Waals surface area contributed by atoms with E-state index in [2.05, 4.69) is 17.4 Å². The van der Waals surface area contributed by atoms with Crippen molar-refractivity contribution in [2.24, 2.45) is 0 Å². The standard InChI is InChI=1S/C20H16ClNOS/c21-17-8-4-7-16(13-17)20(23)22-18-9-11-19(12-10-18)24-14-15-5-2-1-3-6-15/h1-13H,14H2,(H,22,23). The molecule has 0 fully saturated rings. The maximum Gasteiger partial charge on any atom is 0.255 e. The highest BCUT2D eigenvalue weighted by atomic mass is 35.5. The van der Waals surface area contributed by atoms with Crippen LogP contribution in [0.4, 0.5) is 5.69 Å². The van der Waals surface area contributed by atoms with Crippen molar-refractivity contribution in [3.05, 3.63) is 95.0 Å². The van der Waals surface area contributed by atoms with Gasteiger partial charge in [0, 0.05) is 26.9 Å². The molecule has 0 aliphatic carbocycles. The molecule has 0 saturated carbocycles. The predicted molar refractivity (Wildman–Crippen MR) is 102 cm³/mol. The van der Waals surface area contributed by atoms with E-state index in [4.69, 9.17) is 11.6 Å². The lowest BCUT2D eigenvalue weighted by molar-refractivity contribution is 0.102. The highest BCUT2D eigenvalue weighted by Crippen LogP contribution is 2.24. The normalized spacial score (nSPS) is 10.4. The van der Waals surface area contributed by atoms with Gasteiger partial charge in [-0.1, -0.05) is 48.0 Å². The zero-order chi connectivity index (χ0) is 16.8. The summed E-state index contributed by atoms with van der Waals surface area (Å²) in [5.74, 6) is 0.761. The molecule has 0 aromatic heterocycles. The van der Waals surface area contributed by atoms with Crippen molar-refractivity contribution in [2.75, 3.05) is 5.32 Å². The lowest BCUT2D eigenvalue weighted by atomic mass is 10.2. The molecule has 3 aromatic carbocycles. The van der Waals surface area contributed by atoms with Crippen molar-refractivity contribution in [2.45, 2.75) is 10.6 Å². The van der Waals surface area contributed by atoms with E-state index < -0.39 is 0 Å². The van der Waals surface area contributed by atoms with Crippen molar-refractivity contribution in [1.82, 2.24) is 0 Å². The molecule has 0 radical (unpaired) electrons. The first-order valence-corrected chi connectivity index (χ1v) is 8.91. The zero-order valence-electron chi connectivity index (χ0n) is 12.9. The molecule has 0 heterocycles. The van der Waals surface area contributed by atoms with Crippen molar-refractivity contribution in [3.63, 3.8) is 0 Å². The molecule has 0 aliphatic heterocycles. The van der Waals surface area contributed by atoms with Crippen LogP contribution in [-0.2, 0) is 5.75 Å².